The molecule has 0 fully saturated rings. The number of rotatable bonds is 2. The Labute approximate surface area is 161 Å². The van der Waals surface area contributed by atoms with Gasteiger partial charge in [-0.3, -0.25) is 4.79 Å². The quantitative estimate of drug-likeness (QED) is 0.465. The summed E-state index contributed by atoms with van der Waals surface area (Å²) >= 11 is 0. The monoisotopic (exact) mass is 302 g/mol. The van der Waals surface area contributed by atoms with Gasteiger partial charge in [-0.2, -0.15) is 0 Å². The van der Waals surface area contributed by atoms with Crippen LogP contribution >= 0.6 is 0 Å². The predicted octanol–water partition coefficient (Wildman–Crippen LogP) is -2.22. The Hall–Kier alpha value is -0.314. The summed E-state index contributed by atoms with van der Waals surface area (Å²) in [5, 5.41) is 10.1. The van der Waals surface area contributed by atoms with Crippen molar-refractivity contribution in [3.05, 3.63) is 24.4 Å². The Morgan fingerprint density at radius 2 is 1.80 bits per heavy atom. The van der Waals surface area contributed by atoms with Gasteiger partial charge in [-0.1, -0.05) is 20.8 Å². The molecule has 7 heteroatoms. The molecule has 0 radical (unpaired) electrons. The van der Waals surface area contributed by atoms with E-state index in [1.807, 2.05) is 17.8 Å². The van der Waals surface area contributed by atoms with E-state index >= 15 is 0 Å². The molecule has 2 rings (SSSR count). The molecular formula is C13H19KN4O2. The van der Waals surface area contributed by atoms with E-state index in [9.17, 15) is 9.90 Å². The van der Waals surface area contributed by atoms with Crippen molar-refractivity contribution in [1.29, 1.82) is 0 Å². The zero-order valence-electron chi connectivity index (χ0n) is 12.9. The largest absolute Gasteiger partial charge is 1.00 e. The normalized spacial score (nSPS) is 10.3. The maximum absolute atomic E-state index is 10.6. The van der Waals surface area contributed by atoms with Gasteiger partial charge < -0.3 is 14.2 Å². The molecule has 0 atom stereocenters. The van der Waals surface area contributed by atoms with Crippen LogP contribution in [-0.4, -0.2) is 31.0 Å². The van der Waals surface area contributed by atoms with Gasteiger partial charge in [0.2, 0.25) is 0 Å². The fourth-order valence-corrected chi connectivity index (χ4v) is 1.30. The summed E-state index contributed by atoms with van der Waals surface area (Å²) < 4.78 is 3.56. The summed E-state index contributed by atoms with van der Waals surface area (Å²) in [7, 11) is 3.68. The number of hydrogen-bond acceptors (Lipinski definition) is 4. The van der Waals surface area contributed by atoms with Gasteiger partial charge in [0.15, 0.2) is 12.1 Å². The zero-order chi connectivity index (χ0) is 14.6. The molecular weight excluding hydrogens is 283 g/mol. The van der Waals surface area contributed by atoms with Crippen molar-refractivity contribution in [2.24, 2.45) is 14.1 Å². The number of aromatic nitrogens is 4. The van der Waals surface area contributed by atoms with Crippen LogP contribution < -0.4 is 56.5 Å². The van der Waals surface area contributed by atoms with Gasteiger partial charge in [-0.15, -0.1) is 5.60 Å². The van der Waals surface area contributed by atoms with Crippen LogP contribution in [0.3, 0.4) is 0 Å². The molecule has 0 saturated heterocycles. The summed E-state index contributed by atoms with van der Waals surface area (Å²) in [5.74, 6) is 0.702. The van der Waals surface area contributed by atoms with Crippen LogP contribution in [-0.2, 0) is 14.1 Å². The van der Waals surface area contributed by atoms with Crippen LogP contribution in [0.25, 0.3) is 11.5 Å². The van der Waals surface area contributed by atoms with Gasteiger partial charge in [0.25, 0.3) is 0 Å². The molecule has 0 aliphatic rings. The minimum absolute atomic E-state index is 0. The molecule has 2 heterocycles. The van der Waals surface area contributed by atoms with Crippen molar-refractivity contribution in [2.45, 2.75) is 26.4 Å². The molecule has 104 valence electrons. The van der Waals surface area contributed by atoms with Crippen molar-refractivity contribution in [2.75, 3.05) is 0 Å². The van der Waals surface area contributed by atoms with Gasteiger partial charge >= 0.3 is 51.4 Å². The Morgan fingerprint density at radius 1 is 1.25 bits per heavy atom. The maximum atomic E-state index is 10.6. The number of carbonyl (C=O) groups is 1. The molecule has 2 aromatic rings. The van der Waals surface area contributed by atoms with E-state index in [0.717, 1.165) is 12.0 Å². The molecule has 0 bridgehead atoms. The molecule has 0 aliphatic heterocycles. The Kier molecular flexibility index (Phi) is 8.08. The Balaban J connectivity index is 0.000000526. The maximum Gasteiger partial charge on any atom is 1.00 e. The van der Waals surface area contributed by atoms with Gasteiger partial charge in [-0.25, -0.2) is 9.97 Å². The minimum Gasteiger partial charge on any atom is -0.850 e. The van der Waals surface area contributed by atoms with Crippen LogP contribution in [0.4, 0.5) is 0 Å². The van der Waals surface area contributed by atoms with Gasteiger partial charge in [0.05, 0.1) is 12.5 Å². The van der Waals surface area contributed by atoms with Crippen molar-refractivity contribution in [3.63, 3.8) is 0 Å². The van der Waals surface area contributed by atoms with Crippen LogP contribution in [0.1, 0.15) is 31.3 Å². The Bertz CT molecular complexity index is 549. The molecule has 20 heavy (non-hydrogen) atoms. The van der Waals surface area contributed by atoms with E-state index in [2.05, 4.69) is 9.97 Å². The van der Waals surface area contributed by atoms with Crippen molar-refractivity contribution >= 4 is 6.29 Å². The standard InChI is InChI=1S/C9H10N4O.C4H9O.K/c1-12-4-8(11-6-12)9-10-3-7(5-14)13(9)2;1-4(2,3)5;/h3-6H,1-2H3;1-3H3;/q;-1;+1. The first-order valence-corrected chi connectivity index (χ1v) is 5.88. The molecule has 6 nitrogen and oxygen atoms in total. The van der Waals surface area contributed by atoms with Crippen molar-refractivity contribution in [1.82, 2.24) is 19.1 Å². The third kappa shape index (κ3) is 6.42. The van der Waals surface area contributed by atoms with E-state index < -0.39 is 5.60 Å². The first-order chi connectivity index (χ1) is 8.72. The van der Waals surface area contributed by atoms with Gasteiger partial charge in [0, 0.05) is 20.3 Å². The van der Waals surface area contributed by atoms with Gasteiger partial charge in [0.1, 0.15) is 11.4 Å². The summed E-state index contributed by atoms with van der Waals surface area (Å²) in [6.45, 7) is 4.90. The molecule has 0 amide bonds. The van der Waals surface area contributed by atoms with Crippen LogP contribution in [0.15, 0.2) is 18.7 Å². The first-order valence-electron chi connectivity index (χ1n) is 5.88. The molecule has 0 saturated carbocycles. The summed E-state index contributed by atoms with van der Waals surface area (Å²) in [5.41, 5.74) is 0.564. The van der Waals surface area contributed by atoms with Crippen LogP contribution in [0.5, 0.6) is 0 Å². The fraction of sp³-hybridized carbons (Fsp3) is 0.462. The molecule has 0 unspecified atom stereocenters. The molecule has 2 aromatic heterocycles. The second-order valence-electron chi connectivity index (χ2n) is 5.22. The number of nitrogens with zero attached hydrogens (tertiary/aromatic N) is 4. The second-order valence-corrected chi connectivity index (χ2v) is 5.22. The van der Waals surface area contributed by atoms with Crippen LogP contribution in [0.2, 0.25) is 0 Å². The molecule has 0 aromatic carbocycles. The number of imidazole rings is 2. The number of hydrogen-bond donors (Lipinski definition) is 0. The number of carbonyl (C=O) groups excluding carboxylic acids is 1. The molecule has 0 N–H and O–H groups in total. The van der Waals surface area contributed by atoms with E-state index in [-0.39, 0.29) is 51.4 Å². The summed E-state index contributed by atoms with van der Waals surface area (Å²) in [6.07, 6.45) is 5.87. The van der Waals surface area contributed by atoms with Crippen molar-refractivity contribution in [3.8, 4) is 11.5 Å². The predicted molar refractivity (Wildman–Crippen MR) is 70.6 cm³/mol. The fourth-order valence-electron chi connectivity index (χ4n) is 1.30. The smallest absolute Gasteiger partial charge is 0.850 e. The average Bonchev–Trinajstić information content (AvgIpc) is 2.82. The third-order valence-corrected chi connectivity index (χ3v) is 2.08. The van der Waals surface area contributed by atoms with E-state index in [1.54, 1.807) is 38.7 Å². The summed E-state index contributed by atoms with van der Waals surface area (Å²) in [6, 6.07) is 0. The average molecular weight is 302 g/mol. The van der Waals surface area contributed by atoms with Gasteiger partial charge in [-0.05, 0) is 0 Å². The minimum atomic E-state index is -0.750. The SMILES string of the molecule is CC(C)(C)[O-].Cn1cnc(-c2ncc(C=O)n2C)c1.[K+]. The topological polar surface area (TPSA) is 75.8 Å². The molecule has 0 spiro atoms. The number of aryl methyl sites for hydroxylation is 1. The number of aldehydes is 1. The van der Waals surface area contributed by atoms with E-state index in [0.29, 0.717) is 11.5 Å². The summed E-state index contributed by atoms with van der Waals surface area (Å²) in [4.78, 5) is 18.9. The first kappa shape index (κ1) is 19.7. The second kappa shape index (κ2) is 8.21. The third-order valence-electron chi connectivity index (χ3n) is 2.08. The van der Waals surface area contributed by atoms with E-state index in [1.165, 1.54) is 6.20 Å². The van der Waals surface area contributed by atoms with E-state index in [4.69, 9.17) is 0 Å². The Morgan fingerprint density at radius 3 is 2.15 bits per heavy atom. The van der Waals surface area contributed by atoms with Crippen LogP contribution in [0, 0.1) is 0 Å². The zero-order valence-corrected chi connectivity index (χ0v) is 16.0. The van der Waals surface area contributed by atoms with Crippen molar-refractivity contribution < 1.29 is 61.3 Å². The molecule has 0 aliphatic carbocycles.